The standard InChI is InChI=1S/C10H10ClN3O2/c1-16-8(15)5-7-9(12)14-4-2-3-6(11)10(14)13-7/h2-4H,5,12H2,1H3. The number of rotatable bonds is 2. The Morgan fingerprint density at radius 2 is 2.44 bits per heavy atom. The number of nitrogen functional groups attached to an aromatic ring is 1. The zero-order chi connectivity index (χ0) is 11.7. The smallest absolute Gasteiger partial charge is 0.311 e. The van der Waals surface area contributed by atoms with E-state index in [1.165, 1.54) is 7.11 Å². The molecule has 0 spiro atoms. The highest BCUT2D eigenvalue weighted by atomic mass is 35.5. The van der Waals surface area contributed by atoms with Crippen LogP contribution in [-0.4, -0.2) is 22.5 Å². The summed E-state index contributed by atoms with van der Waals surface area (Å²) in [6.07, 6.45) is 1.78. The van der Waals surface area contributed by atoms with Crippen LogP contribution < -0.4 is 5.73 Å². The summed E-state index contributed by atoms with van der Waals surface area (Å²) in [7, 11) is 1.32. The van der Waals surface area contributed by atoms with Gasteiger partial charge in [-0.2, -0.15) is 0 Å². The Hall–Kier alpha value is -1.75. The van der Waals surface area contributed by atoms with Crippen LogP contribution in [0.5, 0.6) is 0 Å². The van der Waals surface area contributed by atoms with Gasteiger partial charge in [-0.1, -0.05) is 11.6 Å². The van der Waals surface area contributed by atoms with Gasteiger partial charge in [-0.25, -0.2) is 4.98 Å². The number of hydrogen-bond acceptors (Lipinski definition) is 4. The summed E-state index contributed by atoms with van der Waals surface area (Å²) in [4.78, 5) is 15.3. The maximum atomic E-state index is 11.1. The first kappa shape index (κ1) is 10.8. The Bertz CT molecular complexity index is 550. The molecule has 0 atom stereocenters. The van der Waals surface area contributed by atoms with Gasteiger partial charge >= 0.3 is 5.97 Å². The minimum absolute atomic E-state index is 0.0420. The van der Waals surface area contributed by atoms with E-state index in [9.17, 15) is 4.79 Å². The van der Waals surface area contributed by atoms with Crippen LogP contribution in [0.2, 0.25) is 5.02 Å². The van der Waals surface area contributed by atoms with Crippen molar-refractivity contribution in [3.63, 3.8) is 0 Å². The van der Waals surface area contributed by atoms with Crippen molar-refractivity contribution in [3.8, 4) is 0 Å². The molecule has 0 saturated carbocycles. The molecule has 0 radical (unpaired) electrons. The van der Waals surface area contributed by atoms with E-state index in [0.29, 0.717) is 22.2 Å². The zero-order valence-electron chi connectivity index (χ0n) is 8.61. The van der Waals surface area contributed by atoms with Gasteiger partial charge in [0, 0.05) is 6.20 Å². The van der Waals surface area contributed by atoms with Crippen LogP contribution in [0.4, 0.5) is 5.82 Å². The fourth-order valence-corrected chi connectivity index (χ4v) is 1.64. The number of fused-ring (bicyclic) bond motifs is 1. The van der Waals surface area contributed by atoms with E-state index in [2.05, 4.69) is 9.72 Å². The number of carbonyl (C=O) groups is 1. The minimum Gasteiger partial charge on any atom is -0.469 e. The molecule has 16 heavy (non-hydrogen) atoms. The fourth-order valence-electron chi connectivity index (χ4n) is 1.44. The summed E-state index contributed by atoms with van der Waals surface area (Å²) < 4.78 is 6.20. The third-order valence-electron chi connectivity index (χ3n) is 2.26. The molecule has 0 unspecified atom stereocenters. The Balaban J connectivity index is 2.52. The third kappa shape index (κ3) is 1.69. The van der Waals surface area contributed by atoms with Crippen LogP contribution in [0.25, 0.3) is 5.65 Å². The van der Waals surface area contributed by atoms with E-state index < -0.39 is 0 Å². The first-order valence-corrected chi connectivity index (χ1v) is 4.99. The summed E-state index contributed by atoms with van der Waals surface area (Å²) in [6.45, 7) is 0. The largest absolute Gasteiger partial charge is 0.469 e. The molecule has 0 aliphatic heterocycles. The highest BCUT2D eigenvalue weighted by Gasteiger charge is 2.14. The van der Waals surface area contributed by atoms with Gasteiger partial charge in [0.15, 0.2) is 5.65 Å². The van der Waals surface area contributed by atoms with E-state index in [4.69, 9.17) is 17.3 Å². The summed E-state index contributed by atoms with van der Waals surface area (Å²) in [5.74, 6) is 0.0223. The molecule has 0 saturated heterocycles. The number of ether oxygens (including phenoxy) is 1. The Labute approximate surface area is 96.8 Å². The van der Waals surface area contributed by atoms with Crippen LogP contribution >= 0.6 is 11.6 Å². The molecule has 2 heterocycles. The normalized spacial score (nSPS) is 10.6. The van der Waals surface area contributed by atoms with Crippen LogP contribution in [-0.2, 0) is 16.0 Å². The van der Waals surface area contributed by atoms with Gasteiger partial charge in [0.25, 0.3) is 0 Å². The molecule has 2 aromatic heterocycles. The topological polar surface area (TPSA) is 69.6 Å². The number of anilines is 1. The Morgan fingerprint density at radius 1 is 1.69 bits per heavy atom. The van der Waals surface area contributed by atoms with Gasteiger partial charge in [0.1, 0.15) is 5.82 Å². The number of methoxy groups -OCH3 is 1. The fraction of sp³-hybridized carbons (Fsp3) is 0.200. The van der Waals surface area contributed by atoms with Gasteiger partial charge in [0.2, 0.25) is 0 Å². The molecular weight excluding hydrogens is 230 g/mol. The van der Waals surface area contributed by atoms with E-state index in [1.54, 1.807) is 22.7 Å². The lowest BCUT2D eigenvalue weighted by Gasteiger charge is -1.98. The number of nitrogens with two attached hydrogens (primary N) is 1. The van der Waals surface area contributed by atoms with E-state index in [-0.39, 0.29) is 12.4 Å². The first-order chi connectivity index (χ1) is 7.63. The van der Waals surface area contributed by atoms with Crippen molar-refractivity contribution >= 4 is 29.0 Å². The van der Waals surface area contributed by atoms with Gasteiger partial charge in [-0.3, -0.25) is 9.20 Å². The van der Waals surface area contributed by atoms with Crippen molar-refractivity contribution in [3.05, 3.63) is 29.0 Å². The zero-order valence-corrected chi connectivity index (χ0v) is 9.36. The molecule has 0 bridgehead atoms. The maximum absolute atomic E-state index is 11.1. The predicted molar refractivity (Wildman–Crippen MR) is 60.3 cm³/mol. The number of halogens is 1. The van der Waals surface area contributed by atoms with Crippen molar-refractivity contribution in [2.75, 3.05) is 12.8 Å². The molecule has 0 fully saturated rings. The van der Waals surface area contributed by atoms with Crippen molar-refractivity contribution < 1.29 is 9.53 Å². The van der Waals surface area contributed by atoms with E-state index in [0.717, 1.165) is 0 Å². The SMILES string of the molecule is COC(=O)Cc1nc2c(Cl)cccn2c1N. The lowest BCUT2D eigenvalue weighted by molar-refractivity contribution is -0.139. The first-order valence-electron chi connectivity index (χ1n) is 4.61. The second-order valence-electron chi connectivity index (χ2n) is 3.25. The molecule has 6 heteroatoms. The highest BCUT2D eigenvalue weighted by molar-refractivity contribution is 6.33. The number of aromatic nitrogens is 2. The lowest BCUT2D eigenvalue weighted by atomic mass is 10.3. The van der Waals surface area contributed by atoms with E-state index in [1.807, 2.05) is 0 Å². The quantitative estimate of drug-likeness (QED) is 0.802. The molecule has 2 N–H and O–H groups in total. The predicted octanol–water partition coefficient (Wildman–Crippen LogP) is 1.29. The van der Waals surface area contributed by atoms with E-state index >= 15 is 0 Å². The molecule has 2 rings (SSSR count). The molecule has 84 valence electrons. The Morgan fingerprint density at radius 3 is 3.06 bits per heavy atom. The number of imidazole rings is 1. The van der Waals surface area contributed by atoms with Crippen molar-refractivity contribution in [1.29, 1.82) is 0 Å². The van der Waals surface area contributed by atoms with Crippen molar-refractivity contribution in [2.45, 2.75) is 6.42 Å². The molecule has 2 aromatic rings. The van der Waals surface area contributed by atoms with Gasteiger partial charge < -0.3 is 10.5 Å². The summed E-state index contributed by atoms with van der Waals surface area (Å²) in [5.41, 5.74) is 6.86. The molecule has 0 aromatic carbocycles. The monoisotopic (exact) mass is 239 g/mol. The average Bonchev–Trinajstić information content (AvgIpc) is 2.58. The summed E-state index contributed by atoms with van der Waals surface area (Å²) in [5, 5.41) is 0.491. The van der Waals surface area contributed by atoms with Crippen LogP contribution in [0.1, 0.15) is 5.69 Å². The van der Waals surface area contributed by atoms with Crippen molar-refractivity contribution in [2.24, 2.45) is 0 Å². The molecular formula is C10H10ClN3O2. The maximum Gasteiger partial charge on any atom is 0.311 e. The second-order valence-corrected chi connectivity index (χ2v) is 3.65. The molecule has 5 nitrogen and oxygen atoms in total. The summed E-state index contributed by atoms with van der Waals surface area (Å²) >= 11 is 5.96. The molecule has 0 aliphatic rings. The number of esters is 1. The third-order valence-corrected chi connectivity index (χ3v) is 2.55. The van der Waals surface area contributed by atoms with Crippen LogP contribution in [0, 0.1) is 0 Å². The lowest BCUT2D eigenvalue weighted by Crippen LogP contribution is -2.07. The number of pyridine rings is 1. The van der Waals surface area contributed by atoms with Crippen molar-refractivity contribution in [1.82, 2.24) is 9.38 Å². The van der Waals surface area contributed by atoms with Crippen LogP contribution in [0.3, 0.4) is 0 Å². The van der Waals surface area contributed by atoms with Gasteiger partial charge in [0.05, 0.1) is 24.2 Å². The molecule has 0 aliphatic carbocycles. The second kappa shape index (κ2) is 4.02. The molecule has 0 amide bonds. The van der Waals surface area contributed by atoms with Gasteiger partial charge in [-0.05, 0) is 12.1 Å². The summed E-state index contributed by atoms with van der Waals surface area (Å²) in [6, 6.07) is 3.47. The van der Waals surface area contributed by atoms with Gasteiger partial charge in [-0.15, -0.1) is 0 Å². The number of hydrogen-bond donors (Lipinski definition) is 1. The average molecular weight is 240 g/mol. The minimum atomic E-state index is -0.383. The Kier molecular flexibility index (Phi) is 2.70. The van der Waals surface area contributed by atoms with Crippen LogP contribution in [0.15, 0.2) is 18.3 Å². The number of carbonyl (C=O) groups excluding carboxylic acids is 1. The highest BCUT2D eigenvalue weighted by Crippen LogP contribution is 2.21. The number of nitrogens with zero attached hydrogens (tertiary/aromatic N) is 2.